The molecule has 0 unspecified atom stereocenters. The molecular weight excluding hydrogens is 388 g/mol. The zero-order chi connectivity index (χ0) is 21.6. The van der Waals surface area contributed by atoms with E-state index < -0.39 is 10.0 Å². The summed E-state index contributed by atoms with van der Waals surface area (Å²) < 4.78 is 31.5. The monoisotopic (exact) mass is 418 g/mol. The van der Waals surface area contributed by atoms with Crippen LogP contribution in [0.3, 0.4) is 0 Å². The fourth-order valence-corrected chi connectivity index (χ4v) is 4.03. The van der Waals surface area contributed by atoms with Crippen LogP contribution in [-0.4, -0.2) is 33.2 Å². The molecule has 2 rings (SSSR count). The van der Waals surface area contributed by atoms with Gasteiger partial charge in [0.05, 0.1) is 11.9 Å². The lowest BCUT2D eigenvalue weighted by Crippen LogP contribution is -2.47. The molecule has 0 aliphatic heterocycles. The quantitative estimate of drug-likeness (QED) is 0.667. The average molecular weight is 419 g/mol. The Morgan fingerprint density at radius 3 is 1.93 bits per heavy atom. The first-order valence-electron chi connectivity index (χ1n) is 9.68. The summed E-state index contributed by atoms with van der Waals surface area (Å²) in [4.78, 5) is 12.6. The Morgan fingerprint density at radius 2 is 1.45 bits per heavy atom. The number of hydrogen-bond donors (Lipinski definition) is 1. The minimum atomic E-state index is -3.63. The van der Waals surface area contributed by atoms with Gasteiger partial charge in [-0.15, -0.1) is 0 Å². The summed E-state index contributed by atoms with van der Waals surface area (Å²) in [6, 6.07) is 15.9. The Balaban J connectivity index is 2.15. The average Bonchev–Trinajstić information content (AvgIpc) is 2.64. The van der Waals surface area contributed by atoms with Crippen LogP contribution in [0.4, 0.5) is 5.69 Å². The van der Waals surface area contributed by atoms with Gasteiger partial charge in [0.1, 0.15) is 18.0 Å². The molecule has 0 aliphatic rings. The van der Waals surface area contributed by atoms with Crippen LogP contribution in [0.25, 0.3) is 0 Å². The summed E-state index contributed by atoms with van der Waals surface area (Å²) >= 11 is 0. The van der Waals surface area contributed by atoms with E-state index in [0.29, 0.717) is 17.2 Å². The van der Waals surface area contributed by atoms with Crippen molar-refractivity contribution in [2.24, 2.45) is 11.8 Å². The second-order valence-electron chi connectivity index (χ2n) is 7.76. The Bertz CT molecular complexity index is 886. The molecule has 0 bridgehead atoms. The Labute approximate surface area is 173 Å². The summed E-state index contributed by atoms with van der Waals surface area (Å²) in [6.07, 6.45) is 1.09. The van der Waals surface area contributed by atoms with Gasteiger partial charge in [-0.1, -0.05) is 45.9 Å². The van der Waals surface area contributed by atoms with Gasteiger partial charge >= 0.3 is 0 Å². The van der Waals surface area contributed by atoms with E-state index in [-0.39, 0.29) is 30.3 Å². The number of amides is 1. The molecule has 0 fully saturated rings. The topological polar surface area (TPSA) is 75.7 Å². The summed E-state index contributed by atoms with van der Waals surface area (Å²) in [5, 5.41) is 2.96. The molecule has 2 aromatic rings. The second-order valence-corrected chi connectivity index (χ2v) is 9.67. The van der Waals surface area contributed by atoms with Gasteiger partial charge in [0.25, 0.3) is 0 Å². The minimum absolute atomic E-state index is 0.0226. The number of ether oxygens (including phenoxy) is 1. The number of nitrogens with zero attached hydrogens (tertiary/aromatic N) is 1. The van der Waals surface area contributed by atoms with Crippen LogP contribution in [0.1, 0.15) is 27.7 Å². The maximum Gasteiger partial charge on any atom is 0.241 e. The van der Waals surface area contributed by atoms with Crippen molar-refractivity contribution < 1.29 is 17.9 Å². The van der Waals surface area contributed by atoms with Crippen LogP contribution in [0.15, 0.2) is 54.6 Å². The third-order valence-corrected chi connectivity index (χ3v) is 5.70. The Morgan fingerprint density at radius 1 is 0.931 bits per heavy atom. The summed E-state index contributed by atoms with van der Waals surface area (Å²) in [6.45, 7) is 7.86. The van der Waals surface area contributed by atoms with Crippen LogP contribution < -0.4 is 14.4 Å². The van der Waals surface area contributed by atoms with Crippen molar-refractivity contribution in [3.63, 3.8) is 0 Å². The molecule has 0 heterocycles. The molecule has 29 heavy (non-hydrogen) atoms. The van der Waals surface area contributed by atoms with E-state index in [9.17, 15) is 13.2 Å². The van der Waals surface area contributed by atoms with E-state index in [1.54, 1.807) is 24.3 Å². The van der Waals surface area contributed by atoms with Crippen molar-refractivity contribution in [2.75, 3.05) is 17.1 Å². The van der Waals surface area contributed by atoms with E-state index in [1.807, 2.05) is 58.0 Å². The van der Waals surface area contributed by atoms with Crippen LogP contribution >= 0.6 is 0 Å². The maximum atomic E-state index is 12.6. The standard InChI is InChI=1S/C22H30N2O4S/c1-16(2)22(17(3)4)23-21(25)15-24(29(5,26)27)18-11-13-20(14-12-18)28-19-9-7-6-8-10-19/h6-14,16-17,22H,15H2,1-5H3,(H,23,25). The van der Waals surface area contributed by atoms with Crippen LogP contribution in [0, 0.1) is 11.8 Å². The highest BCUT2D eigenvalue weighted by molar-refractivity contribution is 7.92. The van der Waals surface area contributed by atoms with Crippen molar-refractivity contribution in [3.8, 4) is 11.5 Å². The molecule has 158 valence electrons. The predicted octanol–water partition coefficient (Wildman–Crippen LogP) is 4.04. The van der Waals surface area contributed by atoms with Gasteiger partial charge in [-0.2, -0.15) is 0 Å². The number of hydrogen-bond acceptors (Lipinski definition) is 4. The van der Waals surface area contributed by atoms with Crippen LogP contribution in [-0.2, 0) is 14.8 Å². The summed E-state index contributed by atoms with van der Waals surface area (Å²) in [7, 11) is -3.63. The molecule has 0 saturated heterocycles. The van der Waals surface area contributed by atoms with E-state index in [4.69, 9.17) is 4.74 Å². The largest absolute Gasteiger partial charge is 0.457 e. The third-order valence-electron chi connectivity index (χ3n) is 4.56. The number of benzene rings is 2. The van der Waals surface area contributed by atoms with Gasteiger partial charge in [-0.05, 0) is 48.2 Å². The molecular formula is C22H30N2O4S. The molecule has 0 radical (unpaired) electrons. The zero-order valence-electron chi connectivity index (χ0n) is 17.6. The second kappa shape index (κ2) is 9.78. The number of carbonyl (C=O) groups is 1. The van der Waals surface area contributed by atoms with Crippen molar-refractivity contribution in [1.29, 1.82) is 0 Å². The molecule has 0 aliphatic carbocycles. The number of anilines is 1. The predicted molar refractivity (Wildman–Crippen MR) is 117 cm³/mol. The van der Waals surface area contributed by atoms with Gasteiger partial charge in [0, 0.05) is 6.04 Å². The smallest absolute Gasteiger partial charge is 0.241 e. The minimum Gasteiger partial charge on any atom is -0.457 e. The van der Waals surface area contributed by atoms with Gasteiger partial charge in [-0.25, -0.2) is 8.42 Å². The molecule has 0 spiro atoms. The van der Waals surface area contributed by atoms with Crippen LogP contribution in [0.2, 0.25) is 0 Å². The highest BCUT2D eigenvalue weighted by Gasteiger charge is 2.24. The SMILES string of the molecule is CC(C)C(NC(=O)CN(c1ccc(Oc2ccccc2)cc1)S(C)(=O)=O)C(C)C. The molecule has 0 saturated carbocycles. The number of sulfonamides is 1. The van der Waals surface area contributed by atoms with Crippen molar-refractivity contribution >= 4 is 21.6 Å². The molecule has 7 heteroatoms. The normalized spacial score (nSPS) is 11.7. The maximum absolute atomic E-state index is 12.6. The number of rotatable bonds is 9. The van der Waals surface area contributed by atoms with Crippen LogP contribution in [0.5, 0.6) is 11.5 Å². The van der Waals surface area contributed by atoms with E-state index in [0.717, 1.165) is 10.6 Å². The van der Waals surface area contributed by atoms with Gasteiger partial charge in [0.15, 0.2) is 0 Å². The van der Waals surface area contributed by atoms with E-state index in [1.165, 1.54) is 0 Å². The fraction of sp³-hybridized carbons (Fsp3) is 0.409. The van der Waals surface area contributed by atoms with Gasteiger partial charge in [-0.3, -0.25) is 9.10 Å². The van der Waals surface area contributed by atoms with E-state index >= 15 is 0 Å². The Kier molecular flexibility index (Phi) is 7.67. The summed E-state index contributed by atoms with van der Waals surface area (Å²) in [5.41, 5.74) is 0.411. The first-order chi connectivity index (χ1) is 13.6. The van der Waals surface area contributed by atoms with Gasteiger partial charge in [0.2, 0.25) is 15.9 Å². The number of para-hydroxylation sites is 1. The number of carbonyl (C=O) groups excluding carboxylic acids is 1. The summed E-state index contributed by atoms with van der Waals surface area (Å²) in [5.74, 6) is 1.44. The lowest BCUT2D eigenvalue weighted by Gasteiger charge is -2.28. The van der Waals surface area contributed by atoms with Crippen molar-refractivity contribution in [3.05, 3.63) is 54.6 Å². The Hall–Kier alpha value is -2.54. The molecule has 1 amide bonds. The zero-order valence-corrected chi connectivity index (χ0v) is 18.4. The first kappa shape index (κ1) is 22.7. The molecule has 2 aromatic carbocycles. The third kappa shape index (κ3) is 6.78. The molecule has 1 N–H and O–H groups in total. The molecule has 0 atom stereocenters. The molecule has 0 aromatic heterocycles. The fourth-order valence-electron chi connectivity index (χ4n) is 3.17. The van der Waals surface area contributed by atoms with Gasteiger partial charge < -0.3 is 10.1 Å². The van der Waals surface area contributed by atoms with Crippen molar-refractivity contribution in [2.45, 2.75) is 33.7 Å². The highest BCUT2D eigenvalue weighted by atomic mass is 32.2. The van der Waals surface area contributed by atoms with E-state index in [2.05, 4.69) is 5.32 Å². The first-order valence-corrected chi connectivity index (χ1v) is 11.5. The lowest BCUT2D eigenvalue weighted by molar-refractivity contribution is -0.121. The number of nitrogens with one attached hydrogen (secondary N) is 1. The lowest BCUT2D eigenvalue weighted by atomic mass is 9.93. The highest BCUT2D eigenvalue weighted by Crippen LogP contribution is 2.25. The van der Waals surface area contributed by atoms with Crippen molar-refractivity contribution in [1.82, 2.24) is 5.32 Å². The molecule has 6 nitrogen and oxygen atoms in total.